The molecule has 0 atom stereocenters. The van der Waals surface area contributed by atoms with E-state index < -0.39 is 0 Å². The van der Waals surface area contributed by atoms with Gasteiger partial charge in [-0.2, -0.15) is 0 Å². The van der Waals surface area contributed by atoms with Gasteiger partial charge in [0.25, 0.3) is 0 Å². The molecule has 2 aromatic rings. The summed E-state index contributed by atoms with van der Waals surface area (Å²) >= 11 is 0. The van der Waals surface area contributed by atoms with Crippen molar-refractivity contribution in [2.75, 3.05) is 20.6 Å². The third kappa shape index (κ3) is 4.98. The Kier molecular flexibility index (Phi) is 5.72. The van der Waals surface area contributed by atoms with E-state index >= 15 is 0 Å². The van der Waals surface area contributed by atoms with Gasteiger partial charge in [-0.3, -0.25) is 9.79 Å². The van der Waals surface area contributed by atoms with Gasteiger partial charge in [0.15, 0.2) is 5.96 Å². The van der Waals surface area contributed by atoms with Gasteiger partial charge < -0.3 is 20.0 Å². The molecule has 0 saturated heterocycles. The number of hydrogen-bond acceptors (Lipinski definition) is 3. The maximum Gasteiger partial charge on any atom is 0.240 e. The van der Waals surface area contributed by atoms with Gasteiger partial charge in [0.2, 0.25) is 5.91 Å². The third-order valence-electron chi connectivity index (χ3n) is 3.82. The normalized spacial score (nSPS) is 12.3. The van der Waals surface area contributed by atoms with Crippen molar-refractivity contribution in [1.82, 2.24) is 15.5 Å². The Morgan fingerprint density at radius 3 is 2.56 bits per heavy atom. The Bertz CT molecular complexity index is 771. The molecule has 1 heterocycles. The molecule has 0 bridgehead atoms. The van der Waals surface area contributed by atoms with E-state index in [4.69, 9.17) is 4.42 Å². The second-order valence-electron chi connectivity index (χ2n) is 7.20. The van der Waals surface area contributed by atoms with Crippen LogP contribution in [0.5, 0.6) is 0 Å². The molecule has 0 unspecified atom stereocenters. The molecule has 2 rings (SSSR count). The summed E-state index contributed by atoms with van der Waals surface area (Å²) in [6.45, 7) is 8.67. The summed E-state index contributed by atoms with van der Waals surface area (Å²) in [5.74, 6) is 1.47. The Labute approximate surface area is 149 Å². The van der Waals surface area contributed by atoms with Gasteiger partial charge in [0.05, 0.1) is 13.1 Å². The number of fused-ring (bicyclic) bond motifs is 1. The smallest absolute Gasteiger partial charge is 0.240 e. The van der Waals surface area contributed by atoms with Crippen LogP contribution in [0.25, 0.3) is 11.0 Å². The number of likely N-dealkylation sites (N-methyl/N-ethyl adjacent to an activating group) is 1. The molecule has 2 N–H and O–H groups in total. The lowest BCUT2D eigenvalue weighted by Crippen LogP contribution is -2.48. The fourth-order valence-corrected chi connectivity index (χ4v) is 2.69. The molecule has 25 heavy (non-hydrogen) atoms. The topological polar surface area (TPSA) is 69.9 Å². The molecule has 0 saturated carbocycles. The summed E-state index contributed by atoms with van der Waals surface area (Å²) in [5, 5.41) is 7.32. The lowest BCUT2D eigenvalue weighted by Gasteiger charge is -2.25. The van der Waals surface area contributed by atoms with Crippen LogP contribution < -0.4 is 10.6 Å². The van der Waals surface area contributed by atoms with Crippen LogP contribution in [0.4, 0.5) is 0 Å². The van der Waals surface area contributed by atoms with E-state index in [2.05, 4.69) is 21.7 Å². The van der Waals surface area contributed by atoms with Gasteiger partial charge in [-0.25, -0.2) is 0 Å². The number of carbonyl (C=O) groups excluding carboxylic acids is 1. The minimum absolute atomic E-state index is 0.0436. The zero-order chi connectivity index (χ0) is 18.6. The van der Waals surface area contributed by atoms with Crippen molar-refractivity contribution >= 4 is 22.8 Å². The van der Waals surface area contributed by atoms with E-state index in [1.165, 1.54) is 0 Å². The highest BCUT2D eigenvalue weighted by Gasteiger charge is 2.17. The van der Waals surface area contributed by atoms with Gasteiger partial charge in [0.1, 0.15) is 11.3 Å². The summed E-state index contributed by atoms with van der Waals surface area (Å²) in [4.78, 5) is 18.1. The van der Waals surface area contributed by atoms with E-state index in [-0.39, 0.29) is 18.0 Å². The van der Waals surface area contributed by atoms with Crippen LogP contribution in [0.1, 0.15) is 32.1 Å². The molecule has 0 aliphatic carbocycles. The first-order valence-corrected chi connectivity index (χ1v) is 8.41. The molecule has 6 nitrogen and oxygen atoms in total. The van der Waals surface area contributed by atoms with E-state index in [0.717, 1.165) is 22.3 Å². The predicted octanol–water partition coefficient (Wildman–Crippen LogP) is 2.66. The average molecular weight is 344 g/mol. The monoisotopic (exact) mass is 344 g/mol. The van der Waals surface area contributed by atoms with Crippen molar-refractivity contribution in [3.8, 4) is 0 Å². The zero-order valence-electron chi connectivity index (χ0n) is 15.9. The minimum atomic E-state index is -0.250. The standard InChI is InChI=1S/C19H28N4O2/c1-13-14-9-7-8-10-15(14)25-16(13)11-21-18(20-5)23(6)12-17(24)22-19(2,3)4/h7-10H,11-12H2,1-6H3,(H,20,21)(H,22,24). The number of para-hydroxylation sites is 1. The van der Waals surface area contributed by atoms with Crippen molar-refractivity contribution in [3.05, 3.63) is 35.6 Å². The molecule has 1 amide bonds. The van der Waals surface area contributed by atoms with Crippen LogP contribution in [0, 0.1) is 6.92 Å². The van der Waals surface area contributed by atoms with Crippen molar-refractivity contribution in [2.24, 2.45) is 4.99 Å². The number of hydrogen-bond donors (Lipinski definition) is 2. The molecule has 1 aromatic carbocycles. The number of nitrogens with zero attached hydrogens (tertiary/aromatic N) is 2. The van der Waals surface area contributed by atoms with E-state index in [1.54, 1.807) is 11.9 Å². The maximum absolute atomic E-state index is 12.1. The lowest BCUT2D eigenvalue weighted by molar-refractivity contribution is -0.122. The first kappa shape index (κ1) is 18.8. The largest absolute Gasteiger partial charge is 0.459 e. The number of guanidine groups is 1. The predicted molar refractivity (Wildman–Crippen MR) is 102 cm³/mol. The van der Waals surface area contributed by atoms with Crippen LogP contribution in [0.15, 0.2) is 33.7 Å². The van der Waals surface area contributed by atoms with E-state index in [1.807, 2.05) is 52.9 Å². The number of carbonyl (C=O) groups is 1. The molecular formula is C19H28N4O2. The molecule has 6 heteroatoms. The number of furan rings is 1. The van der Waals surface area contributed by atoms with Crippen LogP contribution >= 0.6 is 0 Å². The second-order valence-corrected chi connectivity index (χ2v) is 7.20. The highest BCUT2D eigenvalue weighted by Crippen LogP contribution is 2.24. The molecular weight excluding hydrogens is 316 g/mol. The Morgan fingerprint density at radius 2 is 1.96 bits per heavy atom. The second kappa shape index (κ2) is 7.59. The fraction of sp³-hybridized carbons (Fsp3) is 0.474. The van der Waals surface area contributed by atoms with Gasteiger partial charge in [-0.1, -0.05) is 18.2 Å². The number of nitrogens with one attached hydrogen (secondary N) is 2. The molecule has 0 spiro atoms. The molecule has 0 radical (unpaired) electrons. The van der Waals surface area contributed by atoms with E-state index in [0.29, 0.717) is 12.5 Å². The number of aliphatic imine (C=N–C) groups is 1. The van der Waals surface area contributed by atoms with Crippen LogP contribution in [0.3, 0.4) is 0 Å². The molecule has 1 aromatic heterocycles. The molecule has 0 aliphatic rings. The first-order valence-electron chi connectivity index (χ1n) is 8.41. The van der Waals surface area contributed by atoms with Crippen molar-refractivity contribution in [1.29, 1.82) is 0 Å². The lowest BCUT2D eigenvalue weighted by atomic mass is 10.1. The van der Waals surface area contributed by atoms with Crippen molar-refractivity contribution in [2.45, 2.75) is 39.8 Å². The Balaban J connectivity index is 1.99. The van der Waals surface area contributed by atoms with Gasteiger partial charge >= 0.3 is 0 Å². The summed E-state index contributed by atoms with van der Waals surface area (Å²) in [7, 11) is 3.54. The van der Waals surface area contributed by atoms with Gasteiger partial charge in [-0.15, -0.1) is 0 Å². The third-order valence-corrected chi connectivity index (χ3v) is 3.82. The molecule has 0 fully saturated rings. The SMILES string of the molecule is CN=C(NCc1oc2ccccc2c1C)N(C)CC(=O)NC(C)(C)C. The zero-order valence-corrected chi connectivity index (χ0v) is 15.9. The van der Waals surface area contributed by atoms with Crippen LogP contribution in [-0.2, 0) is 11.3 Å². The number of benzene rings is 1. The van der Waals surface area contributed by atoms with Crippen LogP contribution in [0.2, 0.25) is 0 Å². The van der Waals surface area contributed by atoms with Gasteiger partial charge in [-0.05, 0) is 33.8 Å². The quantitative estimate of drug-likeness (QED) is 0.661. The summed E-state index contributed by atoms with van der Waals surface area (Å²) in [6.07, 6.45) is 0. The molecule has 0 aliphatic heterocycles. The number of aryl methyl sites for hydroxylation is 1. The Morgan fingerprint density at radius 1 is 1.28 bits per heavy atom. The summed E-state index contributed by atoms with van der Waals surface area (Å²) in [5.41, 5.74) is 1.75. The van der Waals surface area contributed by atoms with Gasteiger partial charge in [0, 0.05) is 30.6 Å². The highest BCUT2D eigenvalue weighted by atomic mass is 16.3. The number of rotatable bonds is 4. The summed E-state index contributed by atoms with van der Waals surface area (Å²) < 4.78 is 5.91. The molecule has 136 valence electrons. The number of amides is 1. The van der Waals surface area contributed by atoms with E-state index in [9.17, 15) is 4.79 Å². The highest BCUT2D eigenvalue weighted by molar-refractivity contribution is 5.87. The van der Waals surface area contributed by atoms with Crippen molar-refractivity contribution < 1.29 is 9.21 Å². The minimum Gasteiger partial charge on any atom is -0.459 e. The maximum atomic E-state index is 12.1. The Hall–Kier alpha value is -2.50. The van der Waals surface area contributed by atoms with Crippen molar-refractivity contribution in [3.63, 3.8) is 0 Å². The average Bonchev–Trinajstić information content (AvgIpc) is 2.83. The summed E-state index contributed by atoms with van der Waals surface area (Å²) in [6, 6.07) is 7.98. The fourth-order valence-electron chi connectivity index (χ4n) is 2.69. The van der Waals surface area contributed by atoms with Crippen LogP contribution in [-0.4, -0.2) is 42.9 Å². The first-order chi connectivity index (χ1) is 11.7.